The number of hydrogen-bond donors (Lipinski definition) is 1. The predicted molar refractivity (Wildman–Crippen MR) is 99.0 cm³/mol. The fourth-order valence-electron chi connectivity index (χ4n) is 2.51. The van der Waals surface area contributed by atoms with Gasteiger partial charge in [-0.25, -0.2) is 4.39 Å². The van der Waals surface area contributed by atoms with E-state index in [0.717, 1.165) is 0 Å². The summed E-state index contributed by atoms with van der Waals surface area (Å²) in [5.74, 6) is -0.236. The second-order valence-corrected chi connectivity index (χ2v) is 5.76. The second kappa shape index (κ2) is 10.1. The van der Waals surface area contributed by atoms with E-state index in [1.165, 1.54) is 45.6 Å². The number of carbonyl (C=O) groups is 2. The summed E-state index contributed by atoms with van der Waals surface area (Å²) in [6.07, 6.45) is -0.0856. The molecular weight excluding hydrogens is 369 g/mol. The fourth-order valence-corrected chi connectivity index (χ4v) is 2.51. The molecule has 2 aromatic rings. The van der Waals surface area contributed by atoms with Gasteiger partial charge in [0.15, 0.2) is 18.1 Å². The molecule has 2 rings (SSSR count). The van der Waals surface area contributed by atoms with Crippen LogP contribution in [0.25, 0.3) is 0 Å². The second-order valence-electron chi connectivity index (χ2n) is 5.76. The third-order valence-corrected chi connectivity index (χ3v) is 3.91. The first-order valence-corrected chi connectivity index (χ1v) is 8.43. The molecule has 0 unspecified atom stereocenters. The van der Waals surface area contributed by atoms with Gasteiger partial charge in [-0.05, 0) is 29.8 Å². The summed E-state index contributed by atoms with van der Waals surface area (Å²) in [6.45, 7) is -0.339. The summed E-state index contributed by atoms with van der Waals surface area (Å²) in [6, 6.07) is 9.85. The van der Waals surface area contributed by atoms with Crippen LogP contribution in [0.3, 0.4) is 0 Å². The molecule has 0 saturated carbocycles. The number of benzene rings is 2. The fraction of sp³-hybridized carbons (Fsp3) is 0.300. The first-order valence-electron chi connectivity index (χ1n) is 8.43. The molecule has 28 heavy (non-hydrogen) atoms. The Kier molecular flexibility index (Phi) is 7.62. The Morgan fingerprint density at radius 2 is 1.79 bits per heavy atom. The molecule has 150 valence electrons. The molecule has 0 aromatic heterocycles. The van der Waals surface area contributed by atoms with Crippen LogP contribution in [0.5, 0.6) is 17.2 Å². The van der Waals surface area contributed by atoms with Crippen LogP contribution in [0, 0.1) is 5.82 Å². The Morgan fingerprint density at radius 3 is 2.43 bits per heavy atom. The Morgan fingerprint density at radius 1 is 1.04 bits per heavy atom. The lowest BCUT2D eigenvalue weighted by Gasteiger charge is -2.20. The van der Waals surface area contributed by atoms with Gasteiger partial charge in [-0.15, -0.1) is 0 Å². The standard InChI is InChI=1S/C20H22FNO6/c1-25-17-8-7-13(9-18(17)26-2)16(11-20(24)27-3)22-19(23)12-28-15-6-4-5-14(21)10-15/h4-10,16H,11-12H2,1-3H3,(H,22,23)/t16-/m0/s1. The summed E-state index contributed by atoms with van der Waals surface area (Å²) in [7, 11) is 4.26. The minimum atomic E-state index is -0.670. The largest absolute Gasteiger partial charge is 0.493 e. The molecule has 0 fully saturated rings. The number of rotatable bonds is 9. The lowest BCUT2D eigenvalue weighted by molar-refractivity contribution is -0.141. The molecule has 7 nitrogen and oxygen atoms in total. The average molecular weight is 391 g/mol. The lowest BCUT2D eigenvalue weighted by Crippen LogP contribution is -2.34. The Bertz CT molecular complexity index is 826. The van der Waals surface area contributed by atoms with Crippen molar-refractivity contribution in [2.24, 2.45) is 0 Å². The van der Waals surface area contributed by atoms with Gasteiger partial charge in [0.05, 0.1) is 33.8 Å². The van der Waals surface area contributed by atoms with Gasteiger partial charge >= 0.3 is 5.97 Å². The molecule has 1 atom stereocenters. The van der Waals surface area contributed by atoms with E-state index >= 15 is 0 Å². The molecule has 8 heteroatoms. The first-order chi connectivity index (χ1) is 13.5. The highest BCUT2D eigenvalue weighted by Gasteiger charge is 2.21. The lowest BCUT2D eigenvalue weighted by atomic mass is 10.0. The van der Waals surface area contributed by atoms with Gasteiger partial charge < -0.3 is 24.3 Å². The van der Waals surface area contributed by atoms with Gasteiger partial charge in [0.1, 0.15) is 11.6 Å². The molecule has 0 aliphatic heterocycles. The van der Waals surface area contributed by atoms with Gasteiger partial charge in [-0.2, -0.15) is 0 Å². The number of hydrogen-bond acceptors (Lipinski definition) is 6. The van der Waals surface area contributed by atoms with Crippen LogP contribution in [0.1, 0.15) is 18.0 Å². The zero-order valence-corrected chi connectivity index (χ0v) is 15.9. The molecular formula is C20H22FNO6. The molecule has 0 saturated heterocycles. The number of amides is 1. The van der Waals surface area contributed by atoms with Crippen LogP contribution in [-0.4, -0.2) is 39.8 Å². The number of methoxy groups -OCH3 is 3. The van der Waals surface area contributed by atoms with Crippen LogP contribution in [-0.2, 0) is 14.3 Å². The maximum absolute atomic E-state index is 13.2. The van der Waals surface area contributed by atoms with E-state index in [4.69, 9.17) is 18.9 Å². The minimum absolute atomic E-state index is 0.0856. The van der Waals surface area contributed by atoms with E-state index in [-0.39, 0.29) is 18.8 Å². The highest BCUT2D eigenvalue weighted by Crippen LogP contribution is 2.31. The monoisotopic (exact) mass is 391 g/mol. The minimum Gasteiger partial charge on any atom is -0.493 e. The van der Waals surface area contributed by atoms with Gasteiger partial charge in [-0.1, -0.05) is 12.1 Å². The van der Waals surface area contributed by atoms with Crippen LogP contribution >= 0.6 is 0 Å². The SMILES string of the molecule is COC(=O)C[C@H](NC(=O)COc1cccc(F)c1)c1ccc(OC)c(OC)c1. The number of esters is 1. The van der Waals surface area contributed by atoms with Crippen molar-refractivity contribution in [1.82, 2.24) is 5.32 Å². The molecule has 0 aliphatic rings. The maximum Gasteiger partial charge on any atom is 0.307 e. The average Bonchev–Trinajstić information content (AvgIpc) is 2.71. The molecule has 0 bridgehead atoms. The maximum atomic E-state index is 13.2. The van der Waals surface area contributed by atoms with E-state index in [1.807, 2.05) is 0 Å². The van der Waals surface area contributed by atoms with E-state index in [2.05, 4.69) is 5.32 Å². The third-order valence-electron chi connectivity index (χ3n) is 3.91. The highest BCUT2D eigenvalue weighted by atomic mass is 19.1. The molecule has 0 heterocycles. The quantitative estimate of drug-likeness (QED) is 0.662. The number of carbonyl (C=O) groups excluding carboxylic acids is 2. The normalized spacial score (nSPS) is 11.3. The number of nitrogens with one attached hydrogen (secondary N) is 1. The topological polar surface area (TPSA) is 83.1 Å². The van der Waals surface area contributed by atoms with Crippen molar-refractivity contribution in [2.45, 2.75) is 12.5 Å². The molecule has 0 spiro atoms. The molecule has 0 aliphatic carbocycles. The Labute approximate surface area is 162 Å². The van der Waals surface area contributed by atoms with E-state index in [1.54, 1.807) is 18.2 Å². The Hall–Kier alpha value is -3.29. The van der Waals surface area contributed by atoms with Crippen molar-refractivity contribution in [2.75, 3.05) is 27.9 Å². The summed E-state index contributed by atoms with van der Waals surface area (Å²) >= 11 is 0. The number of halogens is 1. The van der Waals surface area contributed by atoms with Gasteiger partial charge in [0.2, 0.25) is 0 Å². The van der Waals surface area contributed by atoms with E-state index < -0.39 is 23.7 Å². The van der Waals surface area contributed by atoms with Crippen molar-refractivity contribution in [3.05, 3.63) is 53.8 Å². The van der Waals surface area contributed by atoms with Gasteiger partial charge in [-0.3, -0.25) is 9.59 Å². The smallest absolute Gasteiger partial charge is 0.307 e. The van der Waals surface area contributed by atoms with Crippen LogP contribution in [0.2, 0.25) is 0 Å². The summed E-state index contributed by atoms with van der Waals surface area (Å²) in [4.78, 5) is 24.1. The summed E-state index contributed by atoms with van der Waals surface area (Å²) in [5.41, 5.74) is 0.627. The van der Waals surface area contributed by atoms with Crippen molar-refractivity contribution in [1.29, 1.82) is 0 Å². The van der Waals surface area contributed by atoms with Crippen LogP contribution in [0.4, 0.5) is 4.39 Å². The summed E-state index contributed by atoms with van der Waals surface area (Å²) < 4.78 is 33.6. The van der Waals surface area contributed by atoms with E-state index in [0.29, 0.717) is 17.1 Å². The predicted octanol–water partition coefficient (Wildman–Crippen LogP) is 2.64. The van der Waals surface area contributed by atoms with Crippen LogP contribution < -0.4 is 19.5 Å². The van der Waals surface area contributed by atoms with Crippen molar-refractivity contribution in [3.63, 3.8) is 0 Å². The van der Waals surface area contributed by atoms with Crippen molar-refractivity contribution in [3.8, 4) is 17.2 Å². The van der Waals surface area contributed by atoms with E-state index in [9.17, 15) is 14.0 Å². The first kappa shape index (κ1) is 21.0. The van der Waals surface area contributed by atoms with Gasteiger partial charge in [0.25, 0.3) is 5.91 Å². The zero-order valence-electron chi connectivity index (χ0n) is 15.9. The zero-order chi connectivity index (χ0) is 20.5. The number of ether oxygens (including phenoxy) is 4. The highest BCUT2D eigenvalue weighted by molar-refractivity contribution is 5.79. The van der Waals surface area contributed by atoms with Crippen LogP contribution in [0.15, 0.2) is 42.5 Å². The molecule has 1 N–H and O–H groups in total. The molecule has 1 amide bonds. The van der Waals surface area contributed by atoms with Crippen molar-refractivity contribution >= 4 is 11.9 Å². The van der Waals surface area contributed by atoms with Crippen molar-refractivity contribution < 1.29 is 32.9 Å². The Balaban J connectivity index is 2.12. The van der Waals surface area contributed by atoms with Gasteiger partial charge in [0, 0.05) is 6.07 Å². The molecule has 2 aromatic carbocycles. The third kappa shape index (κ3) is 5.87. The molecule has 0 radical (unpaired) electrons. The summed E-state index contributed by atoms with van der Waals surface area (Å²) in [5, 5.41) is 2.72.